The van der Waals surface area contributed by atoms with Crippen LogP contribution in [0.4, 0.5) is 14.5 Å². The molecule has 1 aliphatic rings. The molecule has 1 aliphatic heterocycles. The summed E-state index contributed by atoms with van der Waals surface area (Å²) in [4.78, 5) is 3.94. The van der Waals surface area contributed by atoms with Crippen molar-refractivity contribution in [1.29, 1.82) is 0 Å². The van der Waals surface area contributed by atoms with E-state index < -0.39 is 16.3 Å². The maximum atomic E-state index is 13.2. The van der Waals surface area contributed by atoms with Gasteiger partial charge in [-0.15, -0.1) is 0 Å². The van der Waals surface area contributed by atoms with E-state index in [1.54, 1.807) is 0 Å². The van der Waals surface area contributed by atoms with Crippen LogP contribution in [0.25, 0.3) is 0 Å². The Balaban J connectivity index is 2.01. The Hall–Kier alpha value is -2.35. The van der Waals surface area contributed by atoms with Crippen LogP contribution in [0.5, 0.6) is 0 Å². The van der Waals surface area contributed by atoms with Gasteiger partial charge in [0, 0.05) is 12.7 Å². The van der Waals surface area contributed by atoms with Gasteiger partial charge >= 0.3 is 0 Å². The Morgan fingerprint density at radius 3 is 2.42 bits per heavy atom. The molecule has 0 saturated heterocycles. The fraction of sp³-hybridized carbons (Fsp3) is 0.333. The molecule has 0 spiro atoms. The molecule has 1 atom stereocenters. The molecule has 8 heteroatoms. The predicted octanol–water partition coefficient (Wildman–Crippen LogP) is 3.67. The molecule has 0 fully saturated rings. The van der Waals surface area contributed by atoms with E-state index in [1.807, 2.05) is 32.0 Å². The first-order valence-electron chi connectivity index (χ1n) is 8.05. The maximum absolute atomic E-state index is 13.2. The van der Waals surface area contributed by atoms with Crippen LogP contribution >= 0.6 is 0 Å². The van der Waals surface area contributed by atoms with Gasteiger partial charge in [-0.2, -0.15) is 5.10 Å². The molecule has 138 valence electrons. The average molecular weight is 379 g/mol. The molecule has 0 N–H and O–H groups in total. The van der Waals surface area contributed by atoms with E-state index in [0.717, 1.165) is 22.9 Å². The summed E-state index contributed by atoms with van der Waals surface area (Å²) in [5.41, 5.74) is 3.34. The summed E-state index contributed by atoms with van der Waals surface area (Å²) in [6.07, 6.45) is -0.121. The van der Waals surface area contributed by atoms with Gasteiger partial charge in [0.1, 0.15) is 5.71 Å². The van der Waals surface area contributed by atoms with Crippen LogP contribution < -0.4 is 5.01 Å². The molecule has 1 aromatic carbocycles. The van der Waals surface area contributed by atoms with E-state index in [2.05, 4.69) is 10.1 Å². The summed E-state index contributed by atoms with van der Waals surface area (Å²) >= 11 is 0. The Morgan fingerprint density at radius 1 is 1.15 bits per heavy atom. The lowest BCUT2D eigenvalue weighted by Gasteiger charge is -2.24. The van der Waals surface area contributed by atoms with Crippen molar-refractivity contribution in [1.82, 2.24) is 4.98 Å². The number of aromatic nitrogens is 1. The SMILES string of the molecule is Cc1ccc(C2CC(C(F)F)=NN2c2ccc(S(C)(=O)=O)nc2)cc1C. The summed E-state index contributed by atoms with van der Waals surface area (Å²) in [6, 6.07) is 8.34. The number of halogens is 2. The van der Waals surface area contributed by atoms with Gasteiger partial charge in [-0.1, -0.05) is 18.2 Å². The number of anilines is 1. The van der Waals surface area contributed by atoms with Crippen molar-refractivity contribution in [3.63, 3.8) is 0 Å². The third kappa shape index (κ3) is 3.60. The lowest BCUT2D eigenvalue weighted by molar-refractivity contribution is 0.223. The normalized spacial score (nSPS) is 17.7. The van der Waals surface area contributed by atoms with E-state index in [0.29, 0.717) is 5.69 Å². The quantitative estimate of drug-likeness (QED) is 0.813. The second kappa shape index (κ2) is 6.75. The average Bonchev–Trinajstić information content (AvgIpc) is 3.02. The first-order valence-corrected chi connectivity index (χ1v) is 9.94. The van der Waals surface area contributed by atoms with Crippen molar-refractivity contribution < 1.29 is 17.2 Å². The van der Waals surface area contributed by atoms with Crippen molar-refractivity contribution in [2.45, 2.75) is 37.8 Å². The van der Waals surface area contributed by atoms with Crippen molar-refractivity contribution in [3.05, 3.63) is 53.2 Å². The highest BCUT2D eigenvalue weighted by atomic mass is 32.2. The second-order valence-electron chi connectivity index (χ2n) is 6.43. The summed E-state index contributed by atoms with van der Waals surface area (Å²) in [6.45, 7) is 3.95. The van der Waals surface area contributed by atoms with Crippen LogP contribution in [0.15, 0.2) is 46.7 Å². The molecule has 2 heterocycles. The number of pyridine rings is 1. The second-order valence-corrected chi connectivity index (χ2v) is 8.39. The van der Waals surface area contributed by atoms with Gasteiger partial charge in [-0.05, 0) is 42.7 Å². The Labute approximate surface area is 151 Å². The molecular formula is C18H19F2N3O2S. The molecule has 26 heavy (non-hydrogen) atoms. The van der Waals surface area contributed by atoms with Crippen molar-refractivity contribution >= 4 is 21.2 Å². The van der Waals surface area contributed by atoms with Crippen LogP contribution in [0, 0.1) is 13.8 Å². The van der Waals surface area contributed by atoms with Crippen molar-refractivity contribution in [3.8, 4) is 0 Å². The number of sulfone groups is 1. The number of aryl methyl sites for hydroxylation is 2. The Bertz CT molecular complexity index is 957. The standard InChI is InChI=1S/C18H19F2N3O2S/c1-11-4-5-13(8-12(11)2)16-9-15(18(19)20)22-23(16)14-6-7-17(21-10-14)26(3,24)25/h4-8,10,16,18H,9H2,1-3H3. The van der Waals surface area contributed by atoms with Crippen LogP contribution in [-0.4, -0.2) is 31.8 Å². The molecule has 2 aromatic rings. The summed E-state index contributed by atoms with van der Waals surface area (Å²) in [5, 5.41) is 5.49. The minimum absolute atomic E-state index is 0.0683. The van der Waals surface area contributed by atoms with E-state index in [4.69, 9.17) is 0 Å². The van der Waals surface area contributed by atoms with Gasteiger partial charge < -0.3 is 0 Å². The van der Waals surface area contributed by atoms with Gasteiger partial charge in [0.15, 0.2) is 14.9 Å². The third-order valence-electron chi connectivity index (χ3n) is 4.47. The molecule has 0 radical (unpaired) electrons. The Morgan fingerprint density at radius 2 is 1.88 bits per heavy atom. The van der Waals surface area contributed by atoms with Gasteiger partial charge in [0.2, 0.25) is 0 Å². The highest BCUT2D eigenvalue weighted by Crippen LogP contribution is 2.36. The molecule has 0 amide bonds. The third-order valence-corrected chi connectivity index (χ3v) is 5.47. The van der Waals surface area contributed by atoms with Gasteiger partial charge in [-0.25, -0.2) is 22.2 Å². The zero-order valence-corrected chi connectivity index (χ0v) is 15.5. The zero-order valence-electron chi connectivity index (χ0n) is 14.6. The molecule has 0 aliphatic carbocycles. The summed E-state index contributed by atoms with van der Waals surface area (Å²) in [5.74, 6) is 0. The van der Waals surface area contributed by atoms with Crippen molar-refractivity contribution in [2.24, 2.45) is 5.10 Å². The van der Waals surface area contributed by atoms with Crippen molar-refractivity contribution in [2.75, 3.05) is 11.3 Å². The number of hydrogen-bond donors (Lipinski definition) is 0. The molecule has 0 bridgehead atoms. The molecule has 0 saturated carbocycles. The number of alkyl halides is 2. The summed E-state index contributed by atoms with van der Waals surface area (Å²) in [7, 11) is -3.43. The number of hydrogen-bond acceptors (Lipinski definition) is 5. The lowest BCUT2D eigenvalue weighted by atomic mass is 9.97. The van der Waals surface area contributed by atoms with E-state index in [9.17, 15) is 17.2 Å². The zero-order chi connectivity index (χ0) is 19.1. The van der Waals surface area contributed by atoms with Crippen LogP contribution in [-0.2, 0) is 9.84 Å². The van der Waals surface area contributed by atoms with Crippen LogP contribution in [0.3, 0.4) is 0 Å². The Kier molecular flexibility index (Phi) is 4.79. The monoisotopic (exact) mass is 379 g/mol. The lowest BCUT2D eigenvalue weighted by Crippen LogP contribution is -2.19. The van der Waals surface area contributed by atoms with E-state index in [1.165, 1.54) is 23.3 Å². The van der Waals surface area contributed by atoms with Crippen LogP contribution in [0.1, 0.15) is 29.2 Å². The first-order chi connectivity index (χ1) is 12.2. The number of benzene rings is 1. The molecule has 1 aromatic heterocycles. The molecule has 1 unspecified atom stereocenters. The smallest absolute Gasteiger partial charge is 0.256 e. The molecule has 3 rings (SSSR count). The number of rotatable bonds is 4. The fourth-order valence-corrected chi connectivity index (χ4v) is 3.42. The minimum atomic E-state index is -3.43. The predicted molar refractivity (Wildman–Crippen MR) is 96.5 cm³/mol. The van der Waals surface area contributed by atoms with Gasteiger partial charge in [-0.3, -0.25) is 5.01 Å². The maximum Gasteiger partial charge on any atom is 0.278 e. The minimum Gasteiger partial charge on any atom is -0.256 e. The highest BCUT2D eigenvalue weighted by Gasteiger charge is 2.33. The highest BCUT2D eigenvalue weighted by molar-refractivity contribution is 7.90. The molecule has 5 nitrogen and oxygen atoms in total. The largest absolute Gasteiger partial charge is 0.278 e. The topological polar surface area (TPSA) is 62.6 Å². The van der Waals surface area contributed by atoms with E-state index in [-0.39, 0.29) is 23.2 Å². The molecular weight excluding hydrogens is 360 g/mol. The fourth-order valence-electron chi connectivity index (χ4n) is 2.86. The first kappa shape index (κ1) is 18.4. The number of hydrazone groups is 1. The van der Waals surface area contributed by atoms with E-state index >= 15 is 0 Å². The van der Waals surface area contributed by atoms with Gasteiger partial charge in [0.25, 0.3) is 6.43 Å². The van der Waals surface area contributed by atoms with Crippen LogP contribution in [0.2, 0.25) is 0 Å². The number of nitrogens with zero attached hydrogens (tertiary/aromatic N) is 3. The van der Waals surface area contributed by atoms with Gasteiger partial charge in [0.05, 0.1) is 17.9 Å². The summed E-state index contributed by atoms with van der Waals surface area (Å²) < 4.78 is 49.6.